The lowest BCUT2D eigenvalue weighted by Gasteiger charge is -2.03. The van der Waals surface area contributed by atoms with Crippen molar-refractivity contribution in [1.82, 2.24) is 20.3 Å². The van der Waals surface area contributed by atoms with E-state index in [9.17, 15) is 4.79 Å². The van der Waals surface area contributed by atoms with Crippen LogP contribution in [0.3, 0.4) is 0 Å². The topological polar surface area (TPSA) is 70.7 Å². The van der Waals surface area contributed by atoms with E-state index in [4.69, 9.17) is 0 Å². The number of rotatable bonds is 3. The number of nitrogens with one attached hydrogen (secondary N) is 2. The van der Waals surface area contributed by atoms with Crippen LogP contribution >= 0.6 is 0 Å². The lowest BCUT2D eigenvalue weighted by molar-refractivity contribution is 0.0945. The number of hydrogen-bond acceptors (Lipinski definition) is 3. The summed E-state index contributed by atoms with van der Waals surface area (Å²) in [6.07, 6.45) is 0. The number of fused-ring (bicyclic) bond motifs is 1. The number of benzene rings is 1. The molecular formula is C15H14N4O. The number of imidazole rings is 1. The van der Waals surface area contributed by atoms with E-state index in [-0.39, 0.29) is 5.91 Å². The molecule has 0 aliphatic carbocycles. The molecule has 2 N–H and O–H groups in total. The highest BCUT2D eigenvalue weighted by Crippen LogP contribution is 2.10. The molecule has 2 aromatic heterocycles. The van der Waals surface area contributed by atoms with Crippen LogP contribution in [0.5, 0.6) is 0 Å². The number of carbonyl (C=O) groups excluding carboxylic acids is 1. The number of amides is 1. The van der Waals surface area contributed by atoms with Gasteiger partial charge in [-0.15, -0.1) is 0 Å². The molecular weight excluding hydrogens is 252 g/mol. The predicted molar refractivity (Wildman–Crippen MR) is 76.2 cm³/mol. The minimum absolute atomic E-state index is 0.200. The summed E-state index contributed by atoms with van der Waals surface area (Å²) in [6.45, 7) is 2.21. The molecule has 100 valence electrons. The standard InChI is InChI=1S/C15H14N4O/c1-10-5-4-8-13(17-10)15(20)16-9-14-18-11-6-2-3-7-12(11)19-14/h2-8H,9H2,1H3,(H,16,20)(H,18,19). The zero-order valence-corrected chi connectivity index (χ0v) is 11.1. The zero-order chi connectivity index (χ0) is 13.9. The largest absolute Gasteiger partial charge is 0.343 e. The van der Waals surface area contributed by atoms with Crippen LogP contribution in [-0.4, -0.2) is 20.9 Å². The highest BCUT2D eigenvalue weighted by Gasteiger charge is 2.08. The van der Waals surface area contributed by atoms with Crippen molar-refractivity contribution in [2.24, 2.45) is 0 Å². The molecule has 0 saturated carbocycles. The summed E-state index contributed by atoms with van der Waals surface area (Å²) in [6, 6.07) is 13.1. The van der Waals surface area contributed by atoms with Gasteiger partial charge >= 0.3 is 0 Å². The minimum Gasteiger partial charge on any atom is -0.343 e. The lowest BCUT2D eigenvalue weighted by atomic mass is 10.3. The third kappa shape index (κ3) is 2.51. The molecule has 5 heteroatoms. The molecule has 1 amide bonds. The zero-order valence-electron chi connectivity index (χ0n) is 11.1. The lowest BCUT2D eigenvalue weighted by Crippen LogP contribution is -2.24. The summed E-state index contributed by atoms with van der Waals surface area (Å²) < 4.78 is 0. The van der Waals surface area contributed by atoms with E-state index in [1.807, 2.05) is 43.3 Å². The summed E-state index contributed by atoms with van der Waals surface area (Å²) in [5.74, 6) is 0.529. The van der Waals surface area contributed by atoms with Crippen LogP contribution in [0.25, 0.3) is 11.0 Å². The quantitative estimate of drug-likeness (QED) is 0.763. The van der Waals surface area contributed by atoms with Gasteiger partial charge in [0.15, 0.2) is 0 Å². The normalized spacial score (nSPS) is 10.7. The minimum atomic E-state index is -0.200. The third-order valence-corrected chi connectivity index (χ3v) is 2.98. The molecule has 0 aliphatic heterocycles. The maximum atomic E-state index is 12.0. The van der Waals surface area contributed by atoms with Crippen molar-refractivity contribution in [2.75, 3.05) is 0 Å². The van der Waals surface area contributed by atoms with Crippen LogP contribution in [0, 0.1) is 6.92 Å². The smallest absolute Gasteiger partial charge is 0.270 e. The second-order valence-corrected chi connectivity index (χ2v) is 4.55. The highest BCUT2D eigenvalue weighted by molar-refractivity contribution is 5.92. The number of aromatic nitrogens is 3. The van der Waals surface area contributed by atoms with Gasteiger partial charge in [-0.3, -0.25) is 4.79 Å². The van der Waals surface area contributed by atoms with Crippen LogP contribution in [0.4, 0.5) is 0 Å². The van der Waals surface area contributed by atoms with Gasteiger partial charge in [0.25, 0.3) is 5.91 Å². The molecule has 2 heterocycles. The van der Waals surface area contributed by atoms with Gasteiger partial charge in [0.05, 0.1) is 17.6 Å². The summed E-state index contributed by atoms with van der Waals surface area (Å²) in [7, 11) is 0. The summed E-state index contributed by atoms with van der Waals surface area (Å²) in [4.78, 5) is 23.7. The fourth-order valence-electron chi connectivity index (χ4n) is 2.01. The van der Waals surface area contributed by atoms with Gasteiger partial charge in [-0.2, -0.15) is 0 Å². The molecule has 0 aliphatic rings. The van der Waals surface area contributed by atoms with Gasteiger partial charge in [0.1, 0.15) is 11.5 Å². The van der Waals surface area contributed by atoms with E-state index < -0.39 is 0 Å². The van der Waals surface area contributed by atoms with E-state index in [1.54, 1.807) is 6.07 Å². The second-order valence-electron chi connectivity index (χ2n) is 4.55. The Hall–Kier alpha value is -2.69. The van der Waals surface area contributed by atoms with Crippen LogP contribution < -0.4 is 5.32 Å². The Balaban J connectivity index is 1.71. The maximum absolute atomic E-state index is 12.0. The Labute approximate surface area is 116 Å². The molecule has 0 unspecified atom stereocenters. The first-order valence-corrected chi connectivity index (χ1v) is 6.38. The van der Waals surface area contributed by atoms with Crippen LogP contribution in [0.15, 0.2) is 42.5 Å². The van der Waals surface area contributed by atoms with Crippen molar-refractivity contribution in [3.05, 3.63) is 59.7 Å². The van der Waals surface area contributed by atoms with E-state index in [1.165, 1.54) is 0 Å². The first-order valence-electron chi connectivity index (χ1n) is 6.38. The molecule has 0 saturated heterocycles. The molecule has 5 nitrogen and oxygen atoms in total. The highest BCUT2D eigenvalue weighted by atomic mass is 16.1. The molecule has 0 atom stereocenters. The Bertz CT molecular complexity index is 730. The van der Waals surface area contributed by atoms with Crippen molar-refractivity contribution in [1.29, 1.82) is 0 Å². The SMILES string of the molecule is Cc1cccc(C(=O)NCc2nc3ccccc3[nH]2)n1. The number of aryl methyl sites for hydroxylation is 1. The Kier molecular flexibility index (Phi) is 3.16. The average Bonchev–Trinajstić information content (AvgIpc) is 2.87. The molecule has 0 radical (unpaired) electrons. The van der Waals surface area contributed by atoms with Crippen LogP contribution in [0.1, 0.15) is 22.0 Å². The molecule has 1 aromatic carbocycles. The van der Waals surface area contributed by atoms with Gasteiger partial charge in [0.2, 0.25) is 0 Å². The van der Waals surface area contributed by atoms with Crippen LogP contribution in [-0.2, 0) is 6.54 Å². The van der Waals surface area contributed by atoms with E-state index in [0.717, 1.165) is 22.6 Å². The summed E-state index contributed by atoms with van der Waals surface area (Å²) >= 11 is 0. The first kappa shape index (κ1) is 12.3. The Morgan fingerprint density at radius 3 is 2.80 bits per heavy atom. The Morgan fingerprint density at radius 2 is 2.00 bits per heavy atom. The molecule has 0 bridgehead atoms. The van der Waals surface area contributed by atoms with Gasteiger partial charge < -0.3 is 10.3 Å². The summed E-state index contributed by atoms with van der Waals surface area (Å²) in [5, 5.41) is 2.81. The number of H-pyrrole nitrogens is 1. The maximum Gasteiger partial charge on any atom is 0.270 e. The van der Waals surface area contributed by atoms with Gasteiger partial charge in [-0.25, -0.2) is 9.97 Å². The molecule has 20 heavy (non-hydrogen) atoms. The monoisotopic (exact) mass is 266 g/mol. The number of aromatic amines is 1. The van der Waals surface area contributed by atoms with Crippen molar-refractivity contribution in [3.63, 3.8) is 0 Å². The number of carbonyl (C=O) groups is 1. The van der Waals surface area contributed by atoms with E-state index in [2.05, 4.69) is 20.3 Å². The van der Waals surface area contributed by atoms with Crippen molar-refractivity contribution >= 4 is 16.9 Å². The number of hydrogen-bond donors (Lipinski definition) is 2. The van der Waals surface area contributed by atoms with Gasteiger partial charge in [-0.05, 0) is 31.2 Å². The molecule has 0 spiro atoms. The number of pyridine rings is 1. The molecule has 3 rings (SSSR count). The molecule has 3 aromatic rings. The third-order valence-electron chi connectivity index (χ3n) is 2.98. The average molecular weight is 266 g/mol. The predicted octanol–water partition coefficient (Wildman–Crippen LogP) is 2.20. The van der Waals surface area contributed by atoms with Crippen molar-refractivity contribution < 1.29 is 4.79 Å². The van der Waals surface area contributed by atoms with Gasteiger partial charge in [-0.1, -0.05) is 18.2 Å². The number of nitrogens with zero attached hydrogens (tertiary/aromatic N) is 2. The molecule has 0 fully saturated rings. The summed E-state index contributed by atoms with van der Waals surface area (Å²) in [5.41, 5.74) is 3.10. The van der Waals surface area contributed by atoms with E-state index >= 15 is 0 Å². The first-order chi connectivity index (χ1) is 9.72. The number of para-hydroxylation sites is 2. The van der Waals surface area contributed by atoms with Crippen molar-refractivity contribution in [3.8, 4) is 0 Å². The second kappa shape index (κ2) is 5.13. The van der Waals surface area contributed by atoms with Crippen molar-refractivity contribution in [2.45, 2.75) is 13.5 Å². The van der Waals surface area contributed by atoms with E-state index in [0.29, 0.717) is 12.2 Å². The van der Waals surface area contributed by atoms with Crippen LogP contribution in [0.2, 0.25) is 0 Å². The fraction of sp³-hybridized carbons (Fsp3) is 0.133. The van der Waals surface area contributed by atoms with Gasteiger partial charge in [0, 0.05) is 5.69 Å². The fourth-order valence-corrected chi connectivity index (χ4v) is 2.01. The Morgan fingerprint density at radius 1 is 1.15 bits per heavy atom.